The quantitative estimate of drug-likeness (QED) is 0.382. The third-order valence-corrected chi connectivity index (χ3v) is 11.0. The molecule has 2 aliphatic heterocycles. The van der Waals surface area contributed by atoms with Crippen LogP contribution in [0.3, 0.4) is 0 Å². The van der Waals surface area contributed by atoms with E-state index >= 15 is 0 Å². The van der Waals surface area contributed by atoms with Gasteiger partial charge in [-0.15, -0.1) is 0 Å². The van der Waals surface area contributed by atoms with Crippen molar-refractivity contribution in [1.29, 1.82) is 5.26 Å². The molecule has 37 heavy (non-hydrogen) atoms. The van der Waals surface area contributed by atoms with Crippen LogP contribution in [0.15, 0.2) is 24.4 Å². The first-order chi connectivity index (χ1) is 18.1. The van der Waals surface area contributed by atoms with Gasteiger partial charge in [0.1, 0.15) is 30.4 Å². The number of H-pyrrole nitrogens is 1. The van der Waals surface area contributed by atoms with Crippen LogP contribution in [0.2, 0.25) is 0 Å². The molecule has 3 N–H and O–H groups in total. The molecule has 1 aliphatic carbocycles. The van der Waals surface area contributed by atoms with Gasteiger partial charge in [-0.05, 0) is 37.0 Å². The maximum Gasteiger partial charge on any atom is 0.231 e. The molecule has 0 unspecified atom stereocenters. The first-order valence-corrected chi connectivity index (χ1v) is 15.0. The highest BCUT2D eigenvalue weighted by atomic mass is 31.2. The summed E-state index contributed by atoms with van der Waals surface area (Å²) >= 11 is 0. The van der Waals surface area contributed by atoms with Gasteiger partial charge >= 0.3 is 0 Å². The number of hydrogen-bond donors (Lipinski definition) is 3. The van der Waals surface area contributed by atoms with Gasteiger partial charge in [0.2, 0.25) is 5.95 Å². The van der Waals surface area contributed by atoms with Gasteiger partial charge in [-0.1, -0.05) is 6.42 Å². The Morgan fingerprint density at radius 3 is 2.73 bits per heavy atom. The van der Waals surface area contributed by atoms with E-state index in [0.29, 0.717) is 64.1 Å². The Morgan fingerprint density at radius 2 is 2.08 bits per heavy atom. The van der Waals surface area contributed by atoms with Crippen LogP contribution >= 0.6 is 7.14 Å². The summed E-state index contributed by atoms with van der Waals surface area (Å²) in [5.74, 6) is 2.26. The van der Waals surface area contributed by atoms with Crippen LogP contribution in [0.1, 0.15) is 24.8 Å². The lowest BCUT2D eigenvalue weighted by atomic mass is 9.85. The van der Waals surface area contributed by atoms with Crippen molar-refractivity contribution in [2.75, 3.05) is 62.9 Å². The fourth-order valence-electron chi connectivity index (χ4n) is 5.26. The second-order valence-electron chi connectivity index (χ2n) is 10.2. The molecule has 10 nitrogen and oxygen atoms in total. The number of nitrogens with zero attached hydrogens (tertiary/aromatic N) is 4. The van der Waals surface area contributed by atoms with Crippen molar-refractivity contribution in [2.24, 2.45) is 5.92 Å². The van der Waals surface area contributed by atoms with Crippen LogP contribution in [0.4, 0.5) is 17.5 Å². The van der Waals surface area contributed by atoms with E-state index in [9.17, 15) is 9.83 Å². The van der Waals surface area contributed by atoms with Crippen molar-refractivity contribution in [2.45, 2.75) is 25.3 Å². The number of aromatic amines is 1. The van der Waals surface area contributed by atoms with E-state index in [1.165, 1.54) is 19.3 Å². The average Bonchev–Trinajstić information content (AvgIpc) is 3.27. The van der Waals surface area contributed by atoms with Crippen molar-refractivity contribution < 1.29 is 14.0 Å². The number of anilines is 3. The SMILES string of the molecule is COc1cc(P2(=O)CCN(C3COC3)CC2)ccc1Nc1nc(NCC2CCC2)c2c(C#N)c[nH]c2n1. The highest BCUT2D eigenvalue weighted by molar-refractivity contribution is 7.71. The fraction of sp³-hybridized carbons (Fsp3) is 0.500. The highest BCUT2D eigenvalue weighted by Crippen LogP contribution is 2.48. The second-order valence-corrected chi connectivity index (χ2v) is 13.4. The fourth-order valence-corrected chi connectivity index (χ4v) is 7.86. The molecule has 3 fully saturated rings. The Labute approximate surface area is 216 Å². The third-order valence-electron chi connectivity index (χ3n) is 7.97. The van der Waals surface area contributed by atoms with Crippen molar-refractivity contribution >= 4 is 40.9 Å². The molecule has 0 radical (unpaired) electrons. The van der Waals surface area contributed by atoms with Gasteiger partial charge in [-0.3, -0.25) is 4.90 Å². The average molecular weight is 522 g/mol. The van der Waals surface area contributed by atoms with Crippen LogP contribution in [0.5, 0.6) is 5.75 Å². The van der Waals surface area contributed by atoms with Crippen LogP contribution in [0.25, 0.3) is 11.0 Å². The first-order valence-electron chi connectivity index (χ1n) is 12.9. The number of nitriles is 1. The number of aromatic nitrogens is 3. The molecule has 2 saturated heterocycles. The lowest BCUT2D eigenvalue weighted by Crippen LogP contribution is -2.52. The molecule has 1 saturated carbocycles. The molecule has 0 spiro atoms. The minimum Gasteiger partial charge on any atom is -0.495 e. The smallest absolute Gasteiger partial charge is 0.231 e. The lowest BCUT2D eigenvalue weighted by Gasteiger charge is -2.41. The van der Waals surface area contributed by atoms with Gasteiger partial charge in [-0.2, -0.15) is 15.2 Å². The molecule has 4 heterocycles. The molecule has 0 atom stereocenters. The molecule has 6 rings (SSSR count). The summed E-state index contributed by atoms with van der Waals surface area (Å²) in [6, 6.07) is 8.42. The summed E-state index contributed by atoms with van der Waals surface area (Å²) in [6.45, 7) is 4.05. The Balaban J connectivity index is 1.24. The Bertz CT molecular complexity index is 1380. The van der Waals surface area contributed by atoms with Gasteiger partial charge in [0.15, 0.2) is 0 Å². The number of hydrogen-bond acceptors (Lipinski definition) is 9. The van der Waals surface area contributed by atoms with Gasteiger partial charge in [0, 0.05) is 43.5 Å². The van der Waals surface area contributed by atoms with Crippen molar-refractivity contribution in [1.82, 2.24) is 19.9 Å². The minimum atomic E-state index is -2.50. The lowest BCUT2D eigenvalue weighted by molar-refractivity contribution is -0.0620. The van der Waals surface area contributed by atoms with Gasteiger partial charge in [0.25, 0.3) is 0 Å². The zero-order valence-electron chi connectivity index (χ0n) is 21.0. The largest absolute Gasteiger partial charge is 0.495 e. The van der Waals surface area contributed by atoms with Gasteiger partial charge < -0.3 is 29.7 Å². The summed E-state index contributed by atoms with van der Waals surface area (Å²) in [6.07, 6.45) is 6.69. The van der Waals surface area contributed by atoms with E-state index < -0.39 is 7.14 Å². The Kier molecular flexibility index (Phi) is 6.53. The normalized spacial score (nSPS) is 20.1. The zero-order valence-corrected chi connectivity index (χ0v) is 21.9. The summed E-state index contributed by atoms with van der Waals surface area (Å²) in [4.78, 5) is 14.8. The van der Waals surface area contributed by atoms with E-state index in [4.69, 9.17) is 14.5 Å². The topological polar surface area (TPSA) is 128 Å². The minimum absolute atomic E-state index is 0.392. The third kappa shape index (κ3) is 4.68. The maximum atomic E-state index is 13.8. The summed E-state index contributed by atoms with van der Waals surface area (Å²) in [5, 5.41) is 17.8. The van der Waals surface area contributed by atoms with Crippen LogP contribution in [-0.2, 0) is 9.30 Å². The van der Waals surface area contributed by atoms with E-state index in [-0.39, 0.29) is 0 Å². The summed E-state index contributed by atoms with van der Waals surface area (Å²) in [5.41, 5.74) is 1.80. The highest BCUT2D eigenvalue weighted by Gasteiger charge is 2.35. The van der Waals surface area contributed by atoms with E-state index in [1.807, 2.05) is 18.2 Å². The number of ether oxygens (including phenoxy) is 2. The van der Waals surface area contributed by atoms with Crippen molar-refractivity contribution in [3.8, 4) is 11.8 Å². The van der Waals surface area contributed by atoms with Gasteiger partial charge in [0.05, 0.1) is 43.0 Å². The molecule has 3 aliphatic rings. The van der Waals surface area contributed by atoms with E-state index in [1.54, 1.807) is 13.3 Å². The zero-order chi connectivity index (χ0) is 25.4. The first kappa shape index (κ1) is 24.2. The molecule has 0 bridgehead atoms. The number of benzene rings is 1. The Morgan fingerprint density at radius 1 is 1.27 bits per heavy atom. The van der Waals surface area contributed by atoms with Crippen LogP contribution < -0.4 is 20.7 Å². The van der Waals surface area contributed by atoms with Crippen molar-refractivity contribution in [3.05, 3.63) is 30.0 Å². The van der Waals surface area contributed by atoms with Crippen LogP contribution in [-0.4, -0.2) is 78.2 Å². The standard InChI is InChI=1S/C26H32N7O3P/c1-35-22-11-20(37(34)9-7-33(8-10-37)19-15-36-16-19)5-6-21(22)30-26-31-24(28-13-17-3-2-4-17)23-18(12-27)14-29-25(23)32-26/h5-6,11,14,17,19H,2-4,7-10,13,15-16H2,1H3,(H3,28,29,30,31,32). The van der Waals surface area contributed by atoms with Gasteiger partial charge in [-0.25, -0.2) is 0 Å². The van der Waals surface area contributed by atoms with Crippen molar-refractivity contribution in [3.63, 3.8) is 0 Å². The summed E-state index contributed by atoms with van der Waals surface area (Å²) < 4.78 is 24.8. The second kappa shape index (κ2) is 9.97. The molecule has 3 aromatic rings. The Hall–Kier alpha value is -3.12. The maximum absolute atomic E-state index is 13.8. The van der Waals surface area contributed by atoms with E-state index in [0.717, 1.165) is 38.2 Å². The molecule has 0 amide bonds. The number of fused-ring (bicyclic) bond motifs is 1. The number of nitrogens with one attached hydrogen (secondary N) is 3. The molecular formula is C26H32N7O3P. The molecule has 11 heteroatoms. The van der Waals surface area contributed by atoms with Crippen LogP contribution in [0, 0.1) is 17.2 Å². The summed E-state index contributed by atoms with van der Waals surface area (Å²) in [7, 11) is -0.886. The molecule has 1 aromatic carbocycles. The molecular weight excluding hydrogens is 489 g/mol. The molecule has 194 valence electrons. The van der Waals surface area contributed by atoms with E-state index in [2.05, 4.69) is 31.6 Å². The number of rotatable bonds is 8. The monoisotopic (exact) mass is 521 g/mol. The number of methoxy groups -OCH3 is 1. The predicted octanol–water partition coefficient (Wildman–Crippen LogP) is 3.50. The molecule has 2 aromatic heterocycles. The predicted molar refractivity (Wildman–Crippen MR) is 144 cm³/mol.